The second-order valence-electron chi connectivity index (χ2n) is 27.4. The van der Waals surface area contributed by atoms with Crippen molar-refractivity contribution in [2.45, 2.75) is 395 Å². The van der Waals surface area contributed by atoms with E-state index in [1.54, 1.807) is 6.08 Å². The van der Waals surface area contributed by atoms with E-state index < -0.39 is 156 Å². The number of allylic oxidation sites excluding steroid dienone is 3. The molecule has 1 saturated carbocycles. The molecule has 1 aliphatic carbocycles. The molecule has 25 heteroatoms. The lowest BCUT2D eigenvalue weighted by Gasteiger charge is -2.49. The maximum Gasteiger partial charge on any atom is 0.472 e. The number of esters is 3. The second kappa shape index (κ2) is 55.0. The highest BCUT2D eigenvalue weighted by atomic mass is 31.2. The SMILES string of the molecule is CCCCCCCCCCCCC/C=C/C=C/C(=O)OC(COC(=O)CCCCCCCCCCCCCCCCC)COP(=O)(O)OC1C(OC2OC(CO)C(O)C(O)C2O)C(O)C(O)C(O)C1OC1OC(COC(=O)CCCCCCCCCCCCCCC)C(O)C(O)C1O. The van der Waals surface area contributed by atoms with Crippen molar-refractivity contribution in [3.05, 3.63) is 24.3 Å². The van der Waals surface area contributed by atoms with Gasteiger partial charge in [-0.05, 0) is 25.7 Å². The molecule has 3 aliphatic rings. The van der Waals surface area contributed by atoms with Crippen molar-refractivity contribution >= 4 is 25.7 Å². The number of carbonyl (C=O) groups is 3. The summed E-state index contributed by atoms with van der Waals surface area (Å²) < 4.78 is 64.8. The van der Waals surface area contributed by atoms with Crippen LogP contribution in [0.1, 0.15) is 290 Å². The molecule has 18 atom stereocenters. The van der Waals surface area contributed by atoms with Gasteiger partial charge in [0.25, 0.3) is 0 Å². The molecule has 0 aromatic rings. The van der Waals surface area contributed by atoms with Crippen molar-refractivity contribution in [3.8, 4) is 0 Å². The van der Waals surface area contributed by atoms with Crippen molar-refractivity contribution in [1.82, 2.24) is 0 Å². The first-order chi connectivity index (χ1) is 47.3. The van der Waals surface area contributed by atoms with Crippen LogP contribution < -0.4 is 0 Å². The molecule has 3 fully saturated rings. The Bertz CT molecular complexity index is 2120. The van der Waals surface area contributed by atoms with Gasteiger partial charge in [0.15, 0.2) is 18.7 Å². The molecule has 0 bridgehead atoms. The third-order valence-electron chi connectivity index (χ3n) is 18.8. The maximum absolute atomic E-state index is 14.3. The summed E-state index contributed by atoms with van der Waals surface area (Å²) in [6, 6.07) is 0. The summed E-state index contributed by atoms with van der Waals surface area (Å²) in [5.74, 6) is -2.24. The number of phosphoric acid groups is 1. The average molecular weight is 1430 g/mol. The monoisotopic (exact) mass is 1420 g/mol. The minimum atomic E-state index is -5.72. The first-order valence-electron chi connectivity index (χ1n) is 38.2. The van der Waals surface area contributed by atoms with Crippen LogP contribution in [0.25, 0.3) is 0 Å². The lowest BCUT2D eigenvalue weighted by atomic mass is 9.84. The molecule has 2 aliphatic heterocycles. The van der Waals surface area contributed by atoms with Gasteiger partial charge in [0.05, 0.1) is 13.2 Å². The zero-order valence-corrected chi connectivity index (χ0v) is 60.7. The quantitative estimate of drug-likeness (QED) is 0.00673. The van der Waals surface area contributed by atoms with Gasteiger partial charge in [0.1, 0.15) is 98.7 Å². The topological polar surface area (TPSA) is 374 Å². The zero-order valence-electron chi connectivity index (χ0n) is 59.8. The molecule has 98 heavy (non-hydrogen) atoms. The van der Waals surface area contributed by atoms with Gasteiger partial charge in [-0.1, -0.05) is 270 Å². The van der Waals surface area contributed by atoms with E-state index in [0.717, 1.165) is 96.0 Å². The molecule has 0 spiro atoms. The first kappa shape index (κ1) is 89.7. The Morgan fingerprint density at radius 2 is 0.776 bits per heavy atom. The predicted octanol–water partition coefficient (Wildman–Crippen LogP) is 10.5. The van der Waals surface area contributed by atoms with E-state index in [1.165, 1.54) is 160 Å². The number of carbonyl (C=O) groups excluding carboxylic acids is 3. The number of hydrogen-bond donors (Lipinski definition) is 11. The van der Waals surface area contributed by atoms with E-state index in [-0.39, 0.29) is 12.8 Å². The van der Waals surface area contributed by atoms with Gasteiger partial charge in [-0.2, -0.15) is 0 Å². The van der Waals surface area contributed by atoms with E-state index in [1.807, 2.05) is 6.08 Å². The predicted molar refractivity (Wildman–Crippen MR) is 370 cm³/mol. The number of aliphatic hydroxyl groups is 10. The number of unbranched alkanes of at least 4 members (excludes halogenated alkanes) is 37. The van der Waals surface area contributed by atoms with Crippen LogP contribution in [-0.2, 0) is 61.2 Å². The molecular weight excluding hydrogens is 1290 g/mol. The summed E-state index contributed by atoms with van der Waals surface area (Å²) in [6.45, 7) is 3.35. The fourth-order valence-corrected chi connectivity index (χ4v) is 13.6. The lowest BCUT2D eigenvalue weighted by Crippen LogP contribution is -2.69. The van der Waals surface area contributed by atoms with E-state index in [9.17, 15) is 74.9 Å². The third kappa shape index (κ3) is 37.7. The number of phosphoric ester groups is 1. The molecule has 0 aromatic carbocycles. The van der Waals surface area contributed by atoms with Gasteiger partial charge in [-0.15, -0.1) is 0 Å². The van der Waals surface area contributed by atoms with Crippen molar-refractivity contribution in [2.24, 2.45) is 0 Å². The van der Waals surface area contributed by atoms with E-state index in [4.69, 9.17) is 42.2 Å². The van der Waals surface area contributed by atoms with Crippen molar-refractivity contribution in [1.29, 1.82) is 0 Å². The summed E-state index contributed by atoms with van der Waals surface area (Å²) in [4.78, 5) is 50.9. The van der Waals surface area contributed by atoms with Crippen LogP contribution in [0.5, 0.6) is 0 Å². The molecular formula is C73H133O24P. The van der Waals surface area contributed by atoms with Gasteiger partial charge >= 0.3 is 25.7 Å². The summed E-state index contributed by atoms with van der Waals surface area (Å²) in [6.07, 6.45) is 16.0. The van der Waals surface area contributed by atoms with E-state index in [0.29, 0.717) is 12.8 Å². The molecule has 0 radical (unpaired) electrons. The number of rotatable bonds is 59. The number of ether oxygens (including phenoxy) is 7. The largest absolute Gasteiger partial charge is 0.472 e. The number of hydrogen-bond acceptors (Lipinski definition) is 23. The van der Waals surface area contributed by atoms with Crippen LogP contribution in [0.15, 0.2) is 24.3 Å². The Labute approximate surface area is 585 Å². The van der Waals surface area contributed by atoms with Gasteiger partial charge in [-0.25, -0.2) is 9.36 Å². The van der Waals surface area contributed by atoms with Gasteiger partial charge in [0.2, 0.25) is 0 Å². The van der Waals surface area contributed by atoms with Gasteiger partial charge in [-0.3, -0.25) is 18.6 Å². The normalized spacial score (nSPS) is 27.7. The first-order valence-corrected chi connectivity index (χ1v) is 39.7. The molecule has 2 heterocycles. The summed E-state index contributed by atoms with van der Waals surface area (Å²) in [5, 5.41) is 110. The molecule has 3 rings (SSSR count). The Morgan fingerprint density at radius 3 is 1.18 bits per heavy atom. The smallest absolute Gasteiger partial charge is 0.463 e. The van der Waals surface area contributed by atoms with Crippen LogP contribution in [-0.4, -0.2) is 204 Å². The second-order valence-corrected chi connectivity index (χ2v) is 28.9. The van der Waals surface area contributed by atoms with Crippen molar-refractivity contribution < 1.29 is 117 Å². The van der Waals surface area contributed by atoms with Crippen LogP contribution >= 0.6 is 7.82 Å². The van der Waals surface area contributed by atoms with Crippen molar-refractivity contribution in [3.63, 3.8) is 0 Å². The maximum atomic E-state index is 14.3. The highest BCUT2D eigenvalue weighted by Crippen LogP contribution is 2.49. The Kier molecular flexibility index (Phi) is 50.3. The van der Waals surface area contributed by atoms with Crippen LogP contribution in [0.3, 0.4) is 0 Å². The highest BCUT2D eigenvalue weighted by Gasteiger charge is 2.58. The Hall–Kier alpha value is -2.56. The molecule has 2 saturated heterocycles. The lowest BCUT2D eigenvalue weighted by molar-refractivity contribution is -0.360. The number of aliphatic hydroxyl groups excluding tert-OH is 10. The Morgan fingerprint density at radius 1 is 0.418 bits per heavy atom. The molecule has 574 valence electrons. The summed E-state index contributed by atoms with van der Waals surface area (Å²) in [5.41, 5.74) is 0. The van der Waals surface area contributed by atoms with Crippen LogP contribution in [0.4, 0.5) is 0 Å². The summed E-state index contributed by atoms with van der Waals surface area (Å²) >= 11 is 0. The third-order valence-corrected chi connectivity index (χ3v) is 19.8. The molecule has 18 unspecified atom stereocenters. The van der Waals surface area contributed by atoms with Crippen LogP contribution in [0, 0.1) is 0 Å². The minimum absolute atomic E-state index is 0.0282. The highest BCUT2D eigenvalue weighted by molar-refractivity contribution is 7.47. The van der Waals surface area contributed by atoms with Gasteiger partial charge in [0, 0.05) is 18.9 Å². The van der Waals surface area contributed by atoms with E-state index >= 15 is 0 Å². The molecule has 0 aromatic heterocycles. The van der Waals surface area contributed by atoms with E-state index in [2.05, 4.69) is 20.8 Å². The van der Waals surface area contributed by atoms with Crippen molar-refractivity contribution in [2.75, 3.05) is 26.4 Å². The fourth-order valence-electron chi connectivity index (χ4n) is 12.6. The fraction of sp³-hybridized carbons (Fsp3) is 0.904. The summed E-state index contributed by atoms with van der Waals surface area (Å²) in [7, 11) is -5.72. The molecule has 0 amide bonds. The Balaban J connectivity index is 1.75. The molecule has 11 N–H and O–H groups in total. The van der Waals surface area contributed by atoms with Crippen LogP contribution in [0.2, 0.25) is 0 Å². The molecule has 24 nitrogen and oxygen atoms in total. The minimum Gasteiger partial charge on any atom is -0.463 e. The zero-order chi connectivity index (χ0) is 71.8. The van der Waals surface area contributed by atoms with Gasteiger partial charge < -0.3 is 89.1 Å². The standard InChI is InChI=1S/C73H133O24P/c1-4-7-10-13-16-19-22-25-27-30-33-35-38-41-44-47-57(75)89-51-54(92-59(77)49-46-43-40-37-34-31-28-26-23-20-17-14-11-8-5-2)52-91-98(87,88)97-71-69(95-72-67(85)62(80)60(78)55(50-74)93-72)65(83)64(82)66(84)70(71)96-73-68(86)63(81)61(79)56(94-73)53-90-58(76)48-45-42-39-36-32-29-24-21-18-15-12-9-6-3/h40,43,46,49,54-56,60-74,78-86H,4-39,41-42,44-45,47-48,50-53H2,1-3H3,(H,87,88)/b43-40+,49-46+. The average Bonchev–Trinajstić information content (AvgIpc) is 0.762.